The molecule has 2 amide bonds. The van der Waals surface area contributed by atoms with Crippen molar-refractivity contribution in [2.45, 2.75) is 45.2 Å². The SMILES string of the molecule is CC(C)CN1CCNC(=O)C1CC(=O)N(C)C1CCOCC1. The molecule has 2 fully saturated rings. The summed E-state index contributed by atoms with van der Waals surface area (Å²) in [6.07, 6.45) is 2.04. The second-order valence-electron chi connectivity index (χ2n) is 6.75. The number of rotatable bonds is 5. The van der Waals surface area contributed by atoms with Gasteiger partial charge in [-0.1, -0.05) is 13.8 Å². The first-order chi connectivity index (χ1) is 10.5. The Hall–Kier alpha value is -1.14. The van der Waals surface area contributed by atoms with Gasteiger partial charge in [0.05, 0.1) is 12.5 Å². The normalized spacial score (nSPS) is 24.4. The smallest absolute Gasteiger partial charge is 0.237 e. The fraction of sp³-hybridized carbons (Fsp3) is 0.875. The quantitative estimate of drug-likeness (QED) is 0.802. The number of ether oxygens (including phenoxy) is 1. The van der Waals surface area contributed by atoms with Crippen molar-refractivity contribution in [2.24, 2.45) is 5.92 Å². The third-order valence-electron chi connectivity index (χ3n) is 4.54. The molecule has 0 bridgehead atoms. The van der Waals surface area contributed by atoms with Gasteiger partial charge in [0.15, 0.2) is 0 Å². The summed E-state index contributed by atoms with van der Waals surface area (Å²) in [6, 6.07) is -0.0857. The lowest BCUT2D eigenvalue weighted by molar-refractivity contribution is -0.140. The molecule has 6 nitrogen and oxygen atoms in total. The van der Waals surface area contributed by atoms with Gasteiger partial charge in [0.25, 0.3) is 0 Å². The Balaban J connectivity index is 1.95. The molecule has 126 valence electrons. The molecule has 2 aliphatic heterocycles. The molecule has 1 atom stereocenters. The summed E-state index contributed by atoms with van der Waals surface area (Å²) in [7, 11) is 1.85. The lowest BCUT2D eigenvalue weighted by atomic mass is 10.0. The summed E-state index contributed by atoms with van der Waals surface area (Å²) in [6.45, 7) is 8.05. The second-order valence-corrected chi connectivity index (χ2v) is 6.75. The number of hydrogen-bond acceptors (Lipinski definition) is 4. The molecule has 6 heteroatoms. The Bertz CT molecular complexity index is 394. The van der Waals surface area contributed by atoms with Gasteiger partial charge in [0, 0.05) is 45.9 Å². The van der Waals surface area contributed by atoms with Crippen LogP contribution in [0, 0.1) is 5.92 Å². The first-order valence-corrected chi connectivity index (χ1v) is 8.34. The van der Waals surface area contributed by atoms with E-state index >= 15 is 0 Å². The molecule has 22 heavy (non-hydrogen) atoms. The molecule has 0 aromatic heterocycles. The van der Waals surface area contributed by atoms with Crippen LogP contribution in [0.1, 0.15) is 33.1 Å². The topological polar surface area (TPSA) is 61.9 Å². The first-order valence-electron chi connectivity index (χ1n) is 8.34. The van der Waals surface area contributed by atoms with Gasteiger partial charge in [0.1, 0.15) is 0 Å². The van der Waals surface area contributed by atoms with Crippen LogP contribution in [0.4, 0.5) is 0 Å². The predicted molar refractivity (Wildman–Crippen MR) is 84.4 cm³/mol. The lowest BCUT2D eigenvalue weighted by Gasteiger charge is -2.37. The molecule has 1 N–H and O–H groups in total. The average Bonchev–Trinajstić information content (AvgIpc) is 2.50. The van der Waals surface area contributed by atoms with E-state index in [0.29, 0.717) is 25.7 Å². The fourth-order valence-electron chi connectivity index (χ4n) is 3.26. The van der Waals surface area contributed by atoms with Crippen LogP contribution in [0.15, 0.2) is 0 Å². The lowest BCUT2D eigenvalue weighted by Crippen LogP contribution is -2.57. The van der Waals surface area contributed by atoms with E-state index in [9.17, 15) is 9.59 Å². The zero-order valence-corrected chi connectivity index (χ0v) is 14.0. The van der Waals surface area contributed by atoms with Crippen LogP contribution < -0.4 is 5.32 Å². The molecule has 2 heterocycles. The van der Waals surface area contributed by atoms with Crippen molar-refractivity contribution in [2.75, 3.05) is 39.9 Å². The Morgan fingerprint density at radius 3 is 2.73 bits per heavy atom. The first kappa shape index (κ1) is 17.2. The Morgan fingerprint density at radius 2 is 2.09 bits per heavy atom. The number of nitrogens with one attached hydrogen (secondary N) is 1. The molecule has 0 aromatic carbocycles. The van der Waals surface area contributed by atoms with E-state index in [1.54, 1.807) is 0 Å². The molecule has 2 saturated heterocycles. The summed E-state index contributed by atoms with van der Waals surface area (Å²) in [5.41, 5.74) is 0. The van der Waals surface area contributed by atoms with Gasteiger partial charge < -0.3 is 15.0 Å². The number of nitrogens with zero attached hydrogens (tertiary/aromatic N) is 2. The Labute approximate surface area is 133 Å². The van der Waals surface area contributed by atoms with E-state index in [4.69, 9.17) is 4.74 Å². The summed E-state index contributed by atoms with van der Waals surface area (Å²) < 4.78 is 5.35. The molecular formula is C16H29N3O3. The zero-order valence-electron chi connectivity index (χ0n) is 14.0. The highest BCUT2D eigenvalue weighted by Gasteiger charge is 2.33. The van der Waals surface area contributed by atoms with E-state index in [0.717, 1.165) is 25.9 Å². The van der Waals surface area contributed by atoms with E-state index in [1.807, 2.05) is 11.9 Å². The minimum absolute atomic E-state index is 0.0133. The molecule has 0 aromatic rings. The molecular weight excluding hydrogens is 282 g/mol. The maximum Gasteiger partial charge on any atom is 0.237 e. The highest BCUT2D eigenvalue weighted by Crippen LogP contribution is 2.17. The van der Waals surface area contributed by atoms with Crippen LogP contribution in [0.5, 0.6) is 0 Å². The summed E-state index contributed by atoms with van der Waals surface area (Å²) in [5, 5.41) is 2.89. The van der Waals surface area contributed by atoms with Crippen molar-refractivity contribution >= 4 is 11.8 Å². The highest BCUT2D eigenvalue weighted by atomic mass is 16.5. The number of carbonyl (C=O) groups excluding carboxylic acids is 2. The second kappa shape index (κ2) is 7.92. The van der Waals surface area contributed by atoms with Crippen molar-refractivity contribution in [1.29, 1.82) is 0 Å². The predicted octanol–water partition coefficient (Wildman–Crippen LogP) is 0.470. The maximum absolute atomic E-state index is 12.6. The van der Waals surface area contributed by atoms with Gasteiger partial charge in [-0.3, -0.25) is 14.5 Å². The minimum Gasteiger partial charge on any atom is -0.381 e. The van der Waals surface area contributed by atoms with E-state index in [2.05, 4.69) is 24.1 Å². The standard InChI is InChI=1S/C16H29N3O3/c1-12(2)11-19-7-6-17-16(21)14(19)10-15(20)18(3)13-4-8-22-9-5-13/h12-14H,4-11H2,1-3H3,(H,17,21). The van der Waals surface area contributed by atoms with Crippen molar-refractivity contribution in [1.82, 2.24) is 15.1 Å². The average molecular weight is 311 g/mol. The van der Waals surface area contributed by atoms with Crippen LogP contribution in [-0.4, -0.2) is 73.6 Å². The highest BCUT2D eigenvalue weighted by molar-refractivity contribution is 5.88. The molecule has 2 rings (SSSR count). The monoisotopic (exact) mass is 311 g/mol. The van der Waals surface area contributed by atoms with Crippen LogP contribution >= 0.6 is 0 Å². The summed E-state index contributed by atoms with van der Waals surface area (Å²) in [4.78, 5) is 28.7. The number of amides is 2. The molecule has 0 aliphatic carbocycles. The molecule has 2 aliphatic rings. The number of piperazine rings is 1. The summed E-state index contributed by atoms with van der Waals surface area (Å²) in [5.74, 6) is 0.528. The maximum atomic E-state index is 12.6. The van der Waals surface area contributed by atoms with Crippen molar-refractivity contribution < 1.29 is 14.3 Å². The van der Waals surface area contributed by atoms with E-state index in [1.165, 1.54) is 0 Å². The van der Waals surface area contributed by atoms with Crippen LogP contribution in [0.3, 0.4) is 0 Å². The molecule has 0 spiro atoms. The minimum atomic E-state index is -0.328. The van der Waals surface area contributed by atoms with Crippen LogP contribution in [0.25, 0.3) is 0 Å². The fourth-order valence-corrected chi connectivity index (χ4v) is 3.26. The van der Waals surface area contributed by atoms with E-state index in [-0.39, 0.29) is 30.3 Å². The molecule has 1 unspecified atom stereocenters. The summed E-state index contributed by atoms with van der Waals surface area (Å²) >= 11 is 0. The van der Waals surface area contributed by atoms with Gasteiger partial charge in [-0.25, -0.2) is 0 Å². The Kier molecular flexibility index (Phi) is 6.20. The van der Waals surface area contributed by atoms with Crippen molar-refractivity contribution in [3.63, 3.8) is 0 Å². The third kappa shape index (κ3) is 4.43. The molecule has 0 radical (unpaired) electrons. The van der Waals surface area contributed by atoms with Gasteiger partial charge in [0.2, 0.25) is 11.8 Å². The Morgan fingerprint density at radius 1 is 1.41 bits per heavy atom. The van der Waals surface area contributed by atoms with Gasteiger partial charge >= 0.3 is 0 Å². The molecule has 0 saturated carbocycles. The number of carbonyl (C=O) groups is 2. The zero-order chi connectivity index (χ0) is 16.1. The largest absolute Gasteiger partial charge is 0.381 e. The van der Waals surface area contributed by atoms with Gasteiger partial charge in [-0.15, -0.1) is 0 Å². The van der Waals surface area contributed by atoms with E-state index < -0.39 is 0 Å². The van der Waals surface area contributed by atoms with Gasteiger partial charge in [-0.05, 0) is 18.8 Å². The van der Waals surface area contributed by atoms with Crippen molar-refractivity contribution in [3.8, 4) is 0 Å². The van der Waals surface area contributed by atoms with Crippen molar-refractivity contribution in [3.05, 3.63) is 0 Å². The number of hydrogen-bond donors (Lipinski definition) is 1. The van der Waals surface area contributed by atoms with Crippen LogP contribution in [-0.2, 0) is 14.3 Å². The van der Waals surface area contributed by atoms with Gasteiger partial charge in [-0.2, -0.15) is 0 Å². The third-order valence-corrected chi connectivity index (χ3v) is 4.54. The van der Waals surface area contributed by atoms with Crippen LogP contribution in [0.2, 0.25) is 0 Å².